The monoisotopic (exact) mass is 509 g/mol. The van der Waals surface area contributed by atoms with Crippen molar-refractivity contribution < 1.29 is 19.0 Å². The Kier molecular flexibility index (Phi) is 8.42. The van der Waals surface area contributed by atoms with E-state index in [0.29, 0.717) is 42.3 Å². The van der Waals surface area contributed by atoms with Crippen molar-refractivity contribution in [2.45, 2.75) is 25.3 Å². The first kappa shape index (κ1) is 25.9. The highest BCUT2D eigenvalue weighted by Gasteiger charge is 2.34. The van der Waals surface area contributed by atoms with E-state index in [2.05, 4.69) is 16.8 Å². The molecule has 3 atom stereocenters. The molecule has 2 heterocycles. The summed E-state index contributed by atoms with van der Waals surface area (Å²) in [6.45, 7) is 1.61. The summed E-state index contributed by atoms with van der Waals surface area (Å²) in [6, 6.07) is 11.4. The number of fused-ring (bicyclic) bond motifs is 1. The summed E-state index contributed by atoms with van der Waals surface area (Å²) in [5, 5.41) is 11.2. The van der Waals surface area contributed by atoms with E-state index in [1.165, 1.54) is 12.1 Å². The fourth-order valence-electron chi connectivity index (χ4n) is 4.87. The van der Waals surface area contributed by atoms with E-state index in [1.807, 2.05) is 23.1 Å². The number of benzene rings is 2. The van der Waals surface area contributed by atoms with Crippen LogP contribution in [-0.4, -0.2) is 47.7 Å². The molecule has 0 unspecified atom stereocenters. The van der Waals surface area contributed by atoms with Crippen molar-refractivity contribution in [3.63, 3.8) is 0 Å². The van der Waals surface area contributed by atoms with Gasteiger partial charge < -0.3 is 15.6 Å². The summed E-state index contributed by atoms with van der Waals surface area (Å²) >= 11 is 6.50. The van der Waals surface area contributed by atoms with E-state index in [4.69, 9.17) is 22.1 Å². The van der Waals surface area contributed by atoms with Crippen molar-refractivity contribution >= 4 is 28.5 Å². The van der Waals surface area contributed by atoms with Crippen LogP contribution in [-0.2, 0) is 4.79 Å². The topological polar surface area (TPSA) is 88.7 Å². The zero-order valence-electron chi connectivity index (χ0n) is 20.1. The molecule has 3 aromatic rings. The van der Waals surface area contributed by atoms with Crippen LogP contribution in [0, 0.1) is 29.5 Å². The maximum atomic E-state index is 13.3. The lowest BCUT2D eigenvalue weighted by atomic mass is 9.81. The van der Waals surface area contributed by atoms with E-state index >= 15 is 0 Å². The number of carboxylic acid groups (broad SMARTS) is 1. The van der Waals surface area contributed by atoms with Gasteiger partial charge in [0.05, 0.1) is 30.1 Å². The molecule has 36 heavy (non-hydrogen) atoms. The first-order valence-corrected chi connectivity index (χ1v) is 12.3. The molecule has 0 bridgehead atoms. The number of methoxy groups -OCH3 is 1. The summed E-state index contributed by atoms with van der Waals surface area (Å²) in [6.07, 6.45) is 3.62. The van der Waals surface area contributed by atoms with Gasteiger partial charge in [0.15, 0.2) is 0 Å². The molecule has 3 N–H and O–H groups in total. The lowest BCUT2D eigenvalue weighted by Crippen LogP contribution is -2.44. The van der Waals surface area contributed by atoms with E-state index in [9.17, 15) is 14.3 Å². The van der Waals surface area contributed by atoms with Crippen LogP contribution in [0.1, 0.15) is 36.4 Å². The van der Waals surface area contributed by atoms with Gasteiger partial charge in [-0.05, 0) is 73.7 Å². The summed E-state index contributed by atoms with van der Waals surface area (Å²) < 4.78 is 18.7. The molecule has 6 nitrogen and oxygen atoms in total. The van der Waals surface area contributed by atoms with Crippen LogP contribution in [0.4, 0.5) is 4.39 Å². The highest BCUT2D eigenvalue weighted by atomic mass is 35.5. The molecule has 0 spiro atoms. The number of carboxylic acids is 1. The number of nitrogens with zero attached hydrogens (tertiary/aromatic N) is 2. The Hall–Kier alpha value is -3.18. The van der Waals surface area contributed by atoms with Crippen molar-refractivity contribution in [1.82, 2.24) is 9.88 Å². The molecule has 1 saturated heterocycles. The first-order chi connectivity index (χ1) is 17.4. The second kappa shape index (κ2) is 11.7. The summed E-state index contributed by atoms with van der Waals surface area (Å²) in [4.78, 5) is 18.5. The molecule has 1 aliphatic heterocycles. The minimum absolute atomic E-state index is 0.00221. The minimum Gasteiger partial charge on any atom is -0.497 e. The maximum absolute atomic E-state index is 13.3. The number of ether oxygens (including phenoxy) is 1. The Morgan fingerprint density at radius 1 is 1.36 bits per heavy atom. The molecule has 0 aliphatic carbocycles. The fourth-order valence-corrected chi connectivity index (χ4v) is 5.16. The number of pyridine rings is 1. The third kappa shape index (κ3) is 6.14. The van der Waals surface area contributed by atoms with Gasteiger partial charge in [-0.15, -0.1) is 0 Å². The van der Waals surface area contributed by atoms with Gasteiger partial charge in [-0.25, -0.2) is 4.39 Å². The van der Waals surface area contributed by atoms with Gasteiger partial charge in [-0.2, -0.15) is 0 Å². The second-order valence-corrected chi connectivity index (χ2v) is 9.53. The second-order valence-electron chi connectivity index (χ2n) is 9.13. The molecule has 1 aliphatic rings. The molecule has 2 aromatic carbocycles. The highest BCUT2D eigenvalue weighted by molar-refractivity contribution is 6.32. The number of hydrogen-bond donors (Lipinski definition) is 2. The van der Waals surface area contributed by atoms with Gasteiger partial charge >= 0.3 is 5.97 Å². The molecular weight excluding hydrogens is 481 g/mol. The predicted octanol–water partition coefficient (Wildman–Crippen LogP) is 4.89. The number of halogens is 2. The Bertz CT molecular complexity index is 1310. The standard InChI is InChI=1S/C28H29ClFN3O3/c1-36-21-8-10-26-22(15-21)27(24(29)16-32-26)25(31)9-7-19-11-13-33(17-23(19)28(34)35)12-3-5-18-4-2-6-20(30)14-18/h2,4,6,8,10,14-16,19,23,25H,7,9,11-13,17,31H2,1H3,(H,34,35)/t19-,23+,25-/m0/s1. The fraction of sp³-hybridized carbons (Fsp3) is 0.357. The number of aromatic nitrogens is 1. The van der Waals surface area contributed by atoms with Gasteiger partial charge in [0.1, 0.15) is 11.6 Å². The Morgan fingerprint density at radius 3 is 2.94 bits per heavy atom. The third-order valence-corrected chi connectivity index (χ3v) is 7.11. The minimum atomic E-state index is -0.812. The van der Waals surface area contributed by atoms with Gasteiger partial charge in [-0.1, -0.05) is 29.5 Å². The van der Waals surface area contributed by atoms with Crippen molar-refractivity contribution in [3.05, 3.63) is 70.6 Å². The number of hydrogen-bond acceptors (Lipinski definition) is 5. The van der Waals surface area contributed by atoms with E-state index in [0.717, 1.165) is 29.4 Å². The number of aliphatic carboxylic acids is 1. The maximum Gasteiger partial charge on any atom is 0.308 e. The summed E-state index contributed by atoms with van der Waals surface area (Å²) in [5.74, 6) is 5.04. The average molecular weight is 510 g/mol. The number of rotatable bonds is 7. The molecule has 188 valence electrons. The van der Waals surface area contributed by atoms with Gasteiger partial charge in [0.25, 0.3) is 0 Å². The van der Waals surface area contributed by atoms with Crippen molar-refractivity contribution in [2.24, 2.45) is 17.6 Å². The molecule has 0 saturated carbocycles. The molecular formula is C28H29ClFN3O3. The lowest BCUT2D eigenvalue weighted by molar-refractivity contribution is -0.146. The first-order valence-electron chi connectivity index (χ1n) is 11.9. The van der Waals surface area contributed by atoms with Crippen molar-refractivity contribution in [2.75, 3.05) is 26.7 Å². The SMILES string of the molecule is COc1ccc2ncc(Cl)c([C@@H](N)CC[C@H]3CCN(CC#Cc4cccc(F)c4)C[C@H]3C(=O)O)c2c1. The Labute approximate surface area is 215 Å². The molecule has 1 aromatic heterocycles. The number of carbonyl (C=O) groups is 1. The van der Waals surface area contributed by atoms with E-state index in [-0.39, 0.29) is 17.8 Å². The Balaban J connectivity index is 1.41. The average Bonchev–Trinajstić information content (AvgIpc) is 2.87. The molecule has 8 heteroatoms. The van der Waals surface area contributed by atoms with Crippen LogP contribution in [0.2, 0.25) is 5.02 Å². The van der Waals surface area contributed by atoms with Gasteiger partial charge in [-0.3, -0.25) is 14.7 Å². The number of nitrogens with two attached hydrogens (primary N) is 1. The quantitative estimate of drug-likeness (QED) is 0.441. The summed E-state index contributed by atoms with van der Waals surface area (Å²) in [5.41, 5.74) is 8.78. The van der Waals surface area contributed by atoms with Crippen LogP contribution in [0.15, 0.2) is 48.7 Å². The molecule has 0 amide bonds. The lowest BCUT2D eigenvalue weighted by Gasteiger charge is -2.36. The van der Waals surface area contributed by atoms with Crippen LogP contribution in [0.5, 0.6) is 5.75 Å². The number of likely N-dealkylation sites (tertiary alicyclic amines) is 1. The molecule has 4 rings (SSSR count). The molecule has 0 radical (unpaired) electrons. The van der Waals surface area contributed by atoms with Crippen molar-refractivity contribution in [3.8, 4) is 17.6 Å². The molecule has 1 fully saturated rings. The number of piperidine rings is 1. The van der Waals surface area contributed by atoms with Crippen LogP contribution in [0.3, 0.4) is 0 Å². The zero-order chi connectivity index (χ0) is 25.7. The predicted molar refractivity (Wildman–Crippen MR) is 138 cm³/mol. The van der Waals surface area contributed by atoms with Crippen LogP contribution < -0.4 is 10.5 Å². The van der Waals surface area contributed by atoms with Gasteiger partial charge in [0, 0.05) is 29.7 Å². The largest absolute Gasteiger partial charge is 0.497 e. The van der Waals surface area contributed by atoms with Gasteiger partial charge in [0.2, 0.25) is 0 Å². The van der Waals surface area contributed by atoms with E-state index in [1.54, 1.807) is 25.4 Å². The highest BCUT2D eigenvalue weighted by Crippen LogP contribution is 2.35. The normalized spacial score (nSPS) is 18.9. The zero-order valence-corrected chi connectivity index (χ0v) is 20.8. The Morgan fingerprint density at radius 2 is 2.19 bits per heavy atom. The third-order valence-electron chi connectivity index (χ3n) is 6.80. The van der Waals surface area contributed by atoms with Crippen LogP contribution in [0.25, 0.3) is 10.9 Å². The summed E-state index contributed by atoms with van der Waals surface area (Å²) in [7, 11) is 1.60. The van der Waals surface area contributed by atoms with Crippen LogP contribution >= 0.6 is 11.6 Å². The van der Waals surface area contributed by atoms with Crippen molar-refractivity contribution in [1.29, 1.82) is 0 Å². The smallest absolute Gasteiger partial charge is 0.308 e. The van der Waals surface area contributed by atoms with E-state index < -0.39 is 11.9 Å².